The lowest BCUT2D eigenvalue weighted by Crippen LogP contribution is -2.50. The molecule has 1 amide bonds. The van der Waals surface area contributed by atoms with Crippen molar-refractivity contribution in [2.24, 2.45) is 17.6 Å². The average Bonchev–Trinajstić information content (AvgIpc) is 2.10. The fraction of sp³-hybridized carbons (Fsp3) is 0.833. The molecule has 0 spiro atoms. The molecular formula is C12H24N2O3. The van der Waals surface area contributed by atoms with E-state index in [2.05, 4.69) is 5.32 Å². The van der Waals surface area contributed by atoms with Crippen LogP contribution >= 0.6 is 0 Å². The summed E-state index contributed by atoms with van der Waals surface area (Å²) in [5.41, 5.74) is 4.71. The van der Waals surface area contributed by atoms with E-state index < -0.39 is 11.5 Å². The van der Waals surface area contributed by atoms with Gasteiger partial charge in [-0.05, 0) is 32.1 Å². The van der Waals surface area contributed by atoms with E-state index in [1.807, 2.05) is 13.8 Å². The molecule has 0 fully saturated rings. The Balaban J connectivity index is 4.25. The van der Waals surface area contributed by atoms with E-state index in [1.54, 1.807) is 13.8 Å². The molecule has 0 aromatic heterocycles. The number of carbonyl (C=O) groups excluding carboxylic acids is 1. The maximum Gasteiger partial charge on any atom is 0.303 e. The number of nitrogens with one attached hydrogen (secondary N) is 1. The molecule has 17 heavy (non-hydrogen) atoms. The van der Waals surface area contributed by atoms with Gasteiger partial charge >= 0.3 is 5.97 Å². The van der Waals surface area contributed by atoms with Crippen molar-refractivity contribution >= 4 is 11.9 Å². The minimum absolute atomic E-state index is 0.0428. The third kappa shape index (κ3) is 7.74. The van der Waals surface area contributed by atoms with Crippen molar-refractivity contribution in [2.75, 3.05) is 6.54 Å². The minimum Gasteiger partial charge on any atom is -0.481 e. The first-order chi connectivity index (χ1) is 7.62. The van der Waals surface area contributed by atoms with Crippen LogP contribution in [0.4, 0.5) is 0 Å². The fourth-order valence-corrected chi connectivity index (χ4v) is 1.62. The van der Waals surface area contributed by atoms with Crippen molar-refractivity contribution in [1.29, 1.82) is 0 Å². The summed E-state index contributed by atoms with van der Waals surface area (Å²) in [4.78, 5) is 22.3. The van der Waals surface area contributed by atoms with Gasteiger partial charge in [0.15, 0.2) is 0 Å². The lowest BCUT2D eigenvalue weighted by atomic mass is 9.93. The van der Waals surface area contributed by atoms with Crippen LogP contribution in [0, 0.1) is 11.8 Å². The van der Waals surface area contributed by atoms with Crippen molar-refractivity contribution in [3.8, 4) is 0 Å². The van der Waals surface area contributed by atoms with Crippen LogP contribution in [-0.2, 0) is 9.59 Å². The van der Waals surface area contributed by atoms with Crippen LogP contribution in [0.15, 0.2) is 0 Å². The van der Waals surface area contributed by atoms with E-state index in [-0.39, 0.29) is 18.2 Å². The molecule has 5 heteroatoms. The van der Waals surface area contributed by atoms with Crippen LogP contribution in [-0.4, -0.2) is 29.1 Å². The number of carboxylic acids is 1. The molecular weight excluding hydrogens is 220 g/mol. The van der Waals surface area contributed by atoms with Gasteiger partial charge in [-0.2, -0.15) is 0 Å². The second-order valence-electron chi connectivity index (χ2n) is 5.53. The molecule has 100 valence electrons. The van der Waals surface area contributed by atoms with Gasteiger partial charge in [0.1, 0.15) is 0 Å². The molecule has 0 rings (SSSR count). The summed E-state index contributed by atoms with van der Waals surface area (Å²) in [6, 6.07) is 0. The molecule has 0 radical (unpaired) electrons. The highest BCUT2D eigenvalue weighted by Crippen LogP contribution is 2.15. The number of aliphatic carboxylic acids is 1. The Hall–Kier alpha value is -1.10. The van der Waals surface area contributed by atoms with Crippen molar-refractivity contribution in [1.82, 2.24) is 5.32 Å². The van der Waals surface area contributed by atoms with Crippen LogP contribution in [0.5, 0.6) is 0 Å². The number of hydrogen-bond donors (Lipinski definition) is 3. The average molecular weight is 244 g/mol. The zero-order valence-electron chi connectivity index (χ0n) is 11.1. The van der Waals surface area contributed by atoms with Gasteiger partial charge in [0.25, 0.3) is 0 Å². The van der Waals surface area contributed by atoms with E-state index in [1.165, 1.54) is 0 Å². The van der Waals surface area contributed by atoms with Crippen LogP contribution in [0.25, 0.3) is 0 Å². The summed E-state index contributed by atoms with van der Waals surface area (Å²) in [5, 5.41) is 11.5. The van der Waals surface area contributed by atoms with Gasteiger partial charge in [-0.25, -0.2) is 0 Å². The first-order valence-electron chi connectivity index (χ1n) is 5.92. The zero-order chi connectivity index (χ0) is 13.6. The topological polar surface area (TPSA) is 92.4 Å². The minimum atomic E-state index is -0.925. The summed E-state index contributed by atoms with van der Waals surface area (Å²) in [5.74, 6) is -0.727. The number of nitrogens with two attached hydrogens (primary N) is 1. The maximum absolute atomic E-state index is 11.6. The third-order valence-corrected chi connectivity index (χ3v) is 2.40. The molecule has 1 atom stereocenters. The number of rotatable bonds is 7. The Morgan fingerprint density at radius 3 is 2.24 bits per heavy atom. The molecule has 0 bridgehead atoms. The molecule has 0 aliphatic carbocycles. The van der Waals surface area contributed by atoms with Crippen molar-refractivity contribution in [3.05, 3.63) is 0 Å². The Labute approximate surface area is 103 Å². The van der Waals surface area contributed by atoms with Crippen molar-refractivity contribution in [3.63, 3.8) is 0 Å². The fourth-order valence-electron chi connectivity index (χ4n) is 1.62. The van der Waals surface area contributed by atoms with Gasteiger partial charge < -0.3 is 16.2 Å². The predicted molar refractivity (Wildman–Crippen MR) is 66.5 cm³/mol. The van der Waals surface area contributed by atoms with E-state index >= 15 is 0 Å². The van der Waals surface area contributed by atoms with E-state index in [0.29, 0.717) is 12.5 Å². The van der Waals surface area contributed by atoms with E-state index in [9.17, 15) is 9.59 Å². The highest BCUT2D eigenvalue weighted by molar-refractivity contribution is 5.85. The van der Waals surface area contributed by atoms with Gasteiger partial charge in [-0.1, -0.05) is 13.8 Å². The van der Waals surface area contributed by atoms with Crippen molar-refractivity contribution < 1.29 is 14.7 Å². The Morgan fingerprint density at radius 1 is 1.35 bits per heavy atom. The highest BCUT2D eigenvalue weighted by atomic mass is 16.4. The van der Waals surface area contributed by atoms with E-state index in [4.69, 9.17) is 10.8 Å². The molecule has 0 aromatic rings. The number of hydrogen-bond acceptors (Lipinski definition) is 3. The molecule has 0 aromatic carbocycles. The summed E-state index contributed by atoms with van der Waals surface area (Å²) >= 11 is 0. The summed E-state index contributed by atoms with van der Waals surface area (Å²) in [7, 11) is 0. The molecule has 5 nitrogen and oxygen atoms in total. The second-order valence-corrected chi connectivity index (χ2v) is 5.53. The third-order valence-electron chi connectivity index (χ3n) is 2.40. The lowest BCUT2D eigenvalue weighted by Gasteiger charge is -2.22. The molecule has 0 saturated carbocycles. The van der Waals surface area contributed by atoms with Gasteiger partial charge in [0.05, 0.1) is 5.54 Å². The standard InChI is InChI=1S/C12H24N2O3/c1-8(2)5-9(6-10(15)16)7-14-11(17)12(3,4)13/h8-9H,5-7,13H2,1-4H3,(H,14,17)(H,15,16). The first kappa shape index (κ1) is 15.9. The Bertz CT molecular complexity index is 269. The molecule has 0 heterocycles. The number of carboxylic acid groups (broad SMARTS) is 1. The molecule has 0 saturated heterocycles. The number of amides is 1. The van der Waals surface area contributed by atoms with Crippen LogP contribution < -0.4 is 11.1 Å². The summed E-state index contributed by atoms with van der Waals surface area (Å²) < 4.78 is 0. The van der Waals surface area contributed by atoms with Gasteiger partial charge in [-0.15, -0.1) is 0 Å². The molecule has 0 aliphatic heterocycles. The maximum atomic E-state index is 11.6. The van der Waals surface area contributed by atoms with Crippen LogP contribution in [0.2, 0.25) is 0 Å². The normalized spacial score (nSPS) is 13.5. The van der Waals surface area contributed by atoms with Gasteiger partial charge in [0, 0.05) is 13.0 Å². The highest BCUT2D eigenvalue weighted by Gasteiger charge is 2.23. The Kier molecular flexibility index (Phi) is 6.16. The van der Waals surface area contributed by atoms with Crippen molar-refractivity contribution in [2.45, 2.75) is 46.1 Å². The monoisotopic (exact) mass is 244 g/mol. The Morgan fingerprint density at radius 2 is 1.88 bits per heavy atom. The molecule has 4 N–H and O–H groups in total. The quantitative estimate of drug-likeness (QED) is 0.622. The van der Waals surface area contributed by atoms with Crippen LogP contribution in [0.3, 0.4) is 0 Å². The van der Waals surface area contributed by atoms with E-state index in [0.717, 1.165) is 6.42 Å². The number of carbonyl (C=O) groups is 2. The predicted octanol–water partition coefficient (Wildman–Crippen LogP) is 0.977. The van der Waals surface area contributed by atoms with Gasteiger partial charge in [-0.3, -0.25) is 9.59 Å². The first-order valence-corrected chi connectivity index (χ1v) is 5.92. The second kappa shape index (κ2) is 6.59. The molecule has 0 aliphatic rings. The smallest absolute Gasteiger partial charge is 0.303 e. The summed E-state index contributed by atoms with van der Waals surface area (Å²) in [6.45, 7) is 7.67. The van der Waals surface area contributed by atoms with Gasteiger partial charge in [0.2, 0.25) is 5.91 Å². The zero-order valence-corrected chi connectivity index (χ0v) is 11.1. The summed E-state index contributed by atoms with van der Waals surface area (Å²) in [6.07, 6.45) is 0.848. The SMILES string of the molecule is CC(C)CC(CNC(=O)C(C)(C)N)CC(=O)O. The molecule has 1 unspecified atom stereocenters. The van der Waals surface area contributed by atoms with Crippen LogP contribution in [0.1, 0.15) is 40.5 Å². The largest absolute Gasteiger partial charge is 0.481 e. The lowest BCUT2D eigenvalue weighted by molar-refractivity contribution is -0.138.